The van der Waals surface area contributed by atoms with Crippen LogP contribution >= 0.6 is 0 Å². The van der Waals surface area contributed by atoms with Crippen LogP contribution in [0.15, 0.2) is 41.3 Å². The zero-order chi connectivity index (χ0) is 25.3. The zero-order valence-corrected chi connectivity index (χ0v) is 21.9. The number of rotatable bonds is 6. The van der Waals surface area contributed by atoms with Crippen LogP contribution in [0.3, 0.4) is 0 Å². The Kier molecular flexibility index (Phi) is 7.24. The van der Waals surface area contributed by atoms with Gasteiger partial charge in [-0.3, -0.25) is 0 Å². The van der Waals surface area contributed by atoms with Crippen LogP contribution in [0.5, 0.6) is 0 Å². The highest BCUT2D eigenvalue weighted by Crippen LogP contribution is 2.29. The minimum Gasteiger partial charge on any atom is -0.354 e. The maximum Gasteiger partial charge on any atom is 0.243 e. The van der Waals surface area contributed by atoms with Crippen molar-refractivity contribution >= 4 is 15.8 Å². The van der Waals surface area contributed by atoms with Crippen LogP contribution < -0.4 is 4.90 Å². The van der Waals surface area contributed by atoms with Gasteiger partial charge in [-0.05, 0) is 62.9 Å². The molecule has 1 fully saturated rings. The topological polar surface area (TPSA) is 66.4 Å². The van der Waals surface area contributed by atoms with Gasteiger partial charge in [-0.1, -0.05) is 36.8 Å². The molecule has 2 heterocycles. The summed E-state index contributed by atoms with van der Waals surface area (Å²) in [5.41, 5.74) is 5.39. The molecule has 0 N–H and O–H groups in total. The number of aromatic nitrogens is 2. The van der Waals surface area contributed by atoms with Crippen molar-refractivity contribution < 1.29 is 12.8 Å². The molecular weight excluding hydrogens is 463 g/mol. The van der Waals surface area contributed by atoms with Crippen LogP contribution in [0, 0.1) is 33.5 Å². The Labute approximate surface area is 207 Å². The molecule has 0 spiro atoms. The Morgan fingerprint density at radius 1 is 0.943 bits per heavy atom. The third kappa shape index (κ3) is 5.23. The van der Waals surface area contributed by atoms with E-state index in [-0.39, 0.29) is 5.82 Å². The summed E-state index contributed by atoms with van der Waals surface area (Å²) in [6, 6.07) is 10.4. The zero-order valence-electron chi connectivity index (χ0n) is 21.1. The molecule has 1 saturated heterocycles. The van der Waals surface area contributed by atoms with E-state index in [0.29, 0.717) is 43.3 Å². The van der Waals surface area contributed by atoms with Crippen molar-refractivity contribution in [1.82, 2.24) is 14.3 Å². The van der Waals surface area contributed by atoms with E-state index in [1.54, 1.807) is 16.4 Å². The second-order valence-corrected chi connectivity index (χ2v) is 11.2. The highest BCUT2D eigenvalue weighted by atomic mass is 32.2. The maximum absolute atomic E-state index is 13.8. The minimum atomic E-state index is -3.60. The Hall–Kier alpha value is -2.84. The molecule has 0 radical (unpaired) electrons. The van der Waals surface area contributed by atoms with Crippen LogP contribution in [0.25, 0.3) is 0 Å². The van der Waals surface area contributed by atoms with Gasteiger partial charge in [-0.15, -0.1) is 0 Å². The lowest BCUT2D eigenvalue weighted by molar-refractivity contribution is 0.383. The first-order valence-corrected chi connectivity index (χ1v) is 13.5. The molecule has 0 aliphatic carbocycles. The number of nitrogens with zero attached hydrogens (tertiary/aromatic N) is 4. The van der Waals surface area contributed by atoms with Crippen LogP contribution in [0.2, 0.25) is 0 Å². The second-order valence-electron chi connectivity index (χ2n) is 9.30. The van der Waals surface area contributed by atoms with Gasteiger partial charge in [0.1, 0.15) is 17.5 Å². The molecule has 1 aliphatic rings. The molecule has 1 aliphatic heterocycles. The molecule has 2 aromatic carbocycles. The van der Waals surface area contributed by atoms with E-state index in [4.69, 9.17) is 4.98 Å². The molecule has 3 aromatic rings. The molecule has 35 heavy (non-hydrogen) atoms. The summed E-state index contributed by atoms with van der Waals surface area (Å²) in [5, 5.41) is 0. The van der Waals surface area contributed by atoms with Gasteiger partial charge in [0.2, 0.25) is 10.0 Å². The van der Waals surface area contributed by atoms with Gasteiger partial charge >= 0.3 is 0 Å². The number of hydrogen-bond acceptors (Lipinski definition) is 5. The molecule has 186 valence electrons. The Bertz CT molecular complexity index is 1330. The molecule has 6 nitrogen and oxygen atoms in total. The van der Waals surface area contributed by atoms with Crippen molar-refractivity contribution in [1.29, 1.82) is 0 Å². The minimum absolute atomic E-state index is 0.268. The van der Waals surface area contributed by atoms with E-state index < -0.39 is 10.0 Å². The third-order valence-electron chi connectivity index (χ3n) is 6.53. The number of hydrogen-bond donors (Lipinski definition) is 0. The molecule has 0 atom stereocenters. The van der Waals surface area contributed by atoms with Crippen molar-refractivity contribution in [2.75, 3.05) is 31.1 Å². The van der Waals surface area contributed by atoms with Gasteiger partial charge in [-0.2, -0.15) is 4.31 Å². The lowest BCUT2D eigenvalue weighted by atomic mass is 10.0. The first kappa shape index (κ1) is 25.3. The fraction of sp³-hybridized carbons (Fsp3) is 0.407. The van der Waals surface area contributed by atoms with Crippen LogP contribution in [0.4, 0.5) is 10.2 Å². The first-order valence-electron chi connectivity index (χ1n) is 12.0. The number of benzene rings is 2. The molecule has 0 amide bonds. The molecular formula is C27H33FN4O2S. The van der Waals surface area contributed by atoms with Crippen LogP contribution in [-0.2, 0) is 22.9 Å². The summed E-state index contributed by atoms with van der Waals surface area (Å²) in [7, 11) is -3.60. The summed E-state index contributed by atoms with van der Waals surface area (Å²) in [5.74, 6) is 1.23. The molecule has 0 unspecified atom stereocenters. The van der Waals surface area contributed by atoms with Crippen molar-refractivity contribution in [2.45, 2.75) is 52.4 Å². The van der Waals surface area contributed by atoms with E-state index in [1.165, 1.54) is 6.07 Å². The van der Waals surface area contributed by atoms with Crippen LogP contribution in [0.1, 0.15) is 46.3 Å². The molecule has 0 saturated carbocycles. The smallest absolute Gasteiger partial charge is 0.243 e. The van der Waals surface area contributed by atoms with Gasteiger partial charge in [0.15, 0.2) is 0 Å². The summed E-state index contributed by atoms with van der Waals surface area (Å²) >= 11 is 0. The second kappa shape index (κ2) is 10.0. The average Bonchev–Trinajstić information content (AvgIpc) is 2.79. The van der Waals surface area contributed by atoms with Gasteiger partial charge in [0.05, 0.1) is 4.90 Å². The number of piperazine rings is 1. The monoisotopic (exact) mass is 496 g/mol. The maximum atomic E-state index is 13.8. The number of halogens is 1. The fourth-order valence-corrected chi connectivity index (χ4v) is 6.90. The predicted octanol–water partition coefficient (Wildman–Crippen LogP) is 4.51. The quantitative estimate of drug-likeness (QED) is 0.502. The van der Waals surface area contributed by atoms with Crippen molar-refractivity contribution in [2.24, 2.45) is 0 Å². The molecule has 4 rings (SSSR count). The summed E-state index contributed by atoms with van der Waals surface area (Å²) in [6.07, 6.45) is 1.26. The number of anilines is 1. The Morgan fingerprint density at radius 3 is 2.20 bits per heavy atom. The summed E-state index contributed by atoms with van der Waals surface area (Å²) in [6.45, 7) is 11.4. The molecule has 1 aromatic heterocycles. The highest BCUT2D eigenvalue weighted by Gasteiger charge is 2.32. The normalized spacial score (nSPS) is 15.0. The van der Waals surface area contributed by atoms with E-state index in [1.807, 2.05) is 45.9 Å². The van der Waals surface area contributed by atoms with E-state index >= 15 is 0 Å². The van der Waals surface area contributed by atoms with Crippen molar-refractivity contribution in [3.8, 4) is 0 Å². The highest BCUT2D eigenvalue weighted by molar-refractivity contribution is 7.89. The summed E-state index contributed by atoms with van der Waals surface area (Å²) < 4.78 is 42.5. The predicted molar refractivity (Wildman–Crippen MR) is 137 cm³/mol. The van der Waals surface area contributed by atoms with Crippen LogP contribution in [-0.4, -0.2) is 48.9 Å². The van der Waals surface area contributed by atoms with E-state index in [9.17, 15) is 12.8 Å². The lowest BCUT2D eigenvalue weighted by Crippen LogP contribution is -2.49. The Morgan fingerprint density at radius 2 is 1.60 bits per heavy atom. The van der Waals surface area contributed by atoms with Gasteiger partial charge < -0.3 is 4.90 Å². The van der Waals surface area contributed by atoms with Gasteiger partial charge in [-0.25, -0.2) is 22.8 Å². The third-order valence-corrected chi connectivity index (χ3v) is 8.73. The lowest BCUT2D eigenvalue weighted by Gasteiger charge is -2.36. The first-order chi connectivity index (χ1) is 16.6. The van der Waals surface area contributed by atoms with Gasteiger partial charge in [0.25, 0.3) is 0 Å². The van der Waals surface area contributed by atoms with E-state index in [0.717, 1.165) is 45.7 Å². The largest absolute Gasteiger partial charge is 0.354 e. The standard InChI is InChI=1S/C27H33FN4O2S/c1-6-25-24(17-22-8-7-9-23(28)16-22)27(30-21(5)29-25)31-10-12-32(13-11-31)35(33,34)26-19(3)14-18(2)15-20(26)4/h7-9,14-16H,6,10-13,17H2,1-5H3. The van der Waals surface area contributed by atoms with Crippen molar-refractivity contribution in [3.05, 3.63) is 81.6 Å². The number of aryl methyl sites for hydroxylation is 5. The molecule has 8 heteroatoms. The average molecular weight is 497 g/mol. The number of sulfonamides is 1. The van der Waals surface area contributed by atoms with Gasteiger partial charge in [0, 0.05) is 43.9 Å². The summed E-state index contributed by atoms with van der Waals surface area (Å²) in [4.78, 5) is 12.0. The van der Waals surface area contributed by atoms with Crippen molar-refractivity contribution in [3.63, 3.8) is 0 Å². The van der Waals surface area contributed by atoms with E-state index in [2.05, 4.69) is 16.8 Å². The SMILES string of the molecule is CCc1nc(C)nc(N2CCN(S(=O)(=O)c3c(C)cc(C)cc3C)CC2)c1Cc1cccc(F)c1. The molecule has 0 bridgehead atoms. The fourth-order valence-electron chi connectivity index (χ4n) is 5.07. The Balaban J connectivity index is 1.61.